The predicted octanol–water partition coefficient (Wildman–Crippen LogP) is 4.41. The summed E-state index contributed by atoms with van der Waals surface area (Å²) in [7, 11) is 0. The minimum Gasteiger partial charge on any atom is -0.326 e. The van der Waals surface area contributed by atoms with Crippen molar-refractivity contribution >= 4 is 11.6 Å². The Morgan fingerprint density at radius 1 is 1.42 bits per heavy atom. The minimum absolute atomic E-state index is 0.132. The van der Waals surface area contributed by atoms with E-state index in [-0.39, 0.29) is 5.91 Å². The van der Waals surface area contributed by atoms with Gasteiger partial charge in [-0.05, 0) is 42.7 Å². The van der Waals surface area contributed by atoms with Crippen molar-refractivity contribution in [2.24, 2.45) is 5.92 Å². The van der Waals surface area contributed by atoms with Gasteiger partial charge >= 0.3 is 0 Å². The van der Waals surface area contributed by atoms with Gasteiger partial charge in [-0.15, -0.1) is 0 Å². The maximum absolute atomic E-state index is 12.2. The monoisotopic (exact) mass is 257 g/mol. The van der Waals surface area contributed by atoms with Gasteiger partial charge in [0.2, 0.25) is 5.91 Å². The molecule has 2 nitrogen and oxygen atoms in total. The van der Waals surface area contributed by atoms with Crippen molar-refractivity contribution in [3.8, 4) is 0 Å². The molecule has 1 atom stereocenters. The van der Waals surface area contributed by atoms with Gasteiger partial charge in [0, 0.05) is 12.1 Å². The van der Waals surface area contributed by atoms with E-state index >= 15 is 0 Å². The van der Waals surface area contributed by atoms with Crippen molar-refractivity contribution in [2.75, 3.05) is 5.32 Å². The average molecular weight is 257 g/mol. The van der Waals surface area contributed by atoms with Crippen LogP contribution < -0.4 is 5.32 Å². The lowest BCUT2D eigenvalue weighted by molar-refractivity contribution is -0.116. The van der Waals surface area contributed by atoms with Crippen molar-refractivity contribution < 1.29 is 4.79 Å². The second-order valence-corrected chi connectivity index (χ2v) is 5.71. The summed E-state index contributed by atoms with van der Waals surface area (Å²) in [4.78, 5) is 12.2. The number of amides is 1. The summed E-state index contributed by atoms with van der Waals surface area (Å²) in [5, 5.41) is 3.11. The SMILES string of the molecule is Cc1cccc(C(C)C)c1NC(=O)CC1C=CCC1. The number of nitrogens with one attached hydrogen (secondary N) is 1. The van der Waals surface area contributed by atoms with Crippen LogP contribution >= 0.6 is 0 Å². The summed E-state index contributed by atoms with van der Waals surface area (Å²) in [6.07, 6.45) is 7.16. The summed E-state index contributed by atoms with van der Waals surface area (Å²) in [6.45, 7) is 6.37. The van der Waals surface area contributed by atoms with Crippen LogP contribution in [-0.4, -0.2) is 5.91 Å². The van der Waals surface area contributed by atoms with Crippen LogP contribution in [0.2, 0.25) is 0 Å². The first kappa shape index (κ1) is 13.9. The largest absolute Gasteiger partial charge is 0.326 e. The lowest BCUT2D eigenvalue weighted by Crippen LogP contribution is -2.17. The molecule has 0 saturated heterocycles. The number of aryl methyl sites for hydroxylation is 1. The fourth-order valence-electron chi connectivity index (χ4n) is 2.64. The third-order valence-electron chi connectivity index (χ3n) is 3.75. The molecule has 0 aromatic heterocycles. The van der Waals surface area contributed by atoms with E-state index in [1.807, 2.05) is 0 Å². The molecule has 2 heteroatoms. The van der Waals surface area contributed by atoms with Gasteiger partial charge in [0.15, 0.2) is 0 Å². The first-order valence-corrected chi connectivity index (χ1v) is 7.14. The number of rotatable bonds is 4. The van der Waals surface area contributed by atoms with Crippen molar-refractivity contribution in [1.82, 2.24) is 0 Å². The maximum atomic E-state index is 12.2. The summed E-state index contributed by atoms with van der Waals surface area (Å²) in [5.74, 6) is 0.973. The molecule has 102 valence electrons. The molecular weight excluding hydrogens is 234 g/mol. The summed E-state index contributed by atoms with van der Waals surface area (Å²) in [6, 6.07) is 6.21. The average Bonchev–Trinajstić information content (AvgIpc) is 2.84. The molecule has 1 aromatic rings. The summed E-state index contributed by atoms with van der Waals surface area (Å²) in [5.41, 5.74) is 3.36. The molecule has 0 aliphatic heterocycles. The number of allylic oxidation sites excluding steroid dienone is 2. The van der Waals surface area contributed by atoms with Crippen molar-refractivity contribution in [3.05, 3.63) is 41.5 Å². The zero-order chi connectivity index (χ0) is 13.8. The molecule has 19 heavy (non-hydrogen) atoms. The number of carbonyl (C=O) groups excluding carboxylic acids is 1. The summed E-state index contributed by atoms with van der Waals surface area (Å²) >= 11 is 0. The van der Waals surface area contributed by atoms with Crippen LogP contribution in [0.25, 0.3) is 0 Å². The third-order valence-corrected chi connectivity index (χ3v) is 3.75. The Morgan fingerprint density at radius 2 is 2.21 bits per heavy atom. The summed E-state index contributed by atoms with van der Waals surface area (Å²) < 4.78 is 0. The van der Waals surface area contributed by atoms with Gasteiger partial charge in [-0.3, -0.25) is 4.79 Å². The van der Waals surface area contributed by atoms with E-state index in [9.17, 15) is 4.79 Å². The quantitative estimate of drug-likeness (QED) is 0.795. The Balaban J connectivity index is 2.09. The van der Waals surface area contributed by atoms with Gasteiger partial charge in [0.25, 0.3) is 0 Å². The zero-order valence-corrected chi connectivity index (χ0v) is 12.1. The Labute approximate surface area is 115 Å². The Bertz CT molecular complexity index is 488. The molecule has 1 unspecified atom stereocenters. The van der Waals surface area contributed by atoms with E-state index < -0.39 is 0 Å². The number of hydrogen-bond donors (Lipinski definition) is 1. The molecule has 1 aliphatic rings. The highest BCUT2D eigenvalue weighted by Gasteiger charge is 2.16. The molecule has 1 aromatic carbocycles. The number of benzene rings is 1. The zero-order valence-electron chi connectivity index (χ0n) is 12.1. The molecule has 2 rings (SSSR count). The van der Waals surface area contributed by atoms with Crippen LogP contribution in [0, 0.1) is 12.8 Å². The third kappa shape index (κ3) is 3.46. The van der Waals surface area contributed by atoms with Gasteiger partial charge in [0.05, 0.1) is 0 Å². The molecule has 1 amide bonds. The number of hydrogen-bond acceptors (Lipinski definition) is 1. The number of anilines is 1. The van der Waals surface area contributed by atoms with Crippen LogP contribution in [0.3, 0.4) is 0 Å². The molecule has 0 saturated carbocycles. The molecule has 0 fully saturated rings. The fourth-order valence-corrected chi connectivity index (χ4v) is 2.64. The standard InChI is InChI=1S/C17H23NO/c1-12(2)15-10-6-7-13(3)17(15)18-16(19)11-14-8-4-5-9-14/h4,6-8,10,12,14H,5,9,11H2,1-3H3,(H,18,19). The van der Waals surface area contributed by atoms with Gasteiger partial charge in [-0.25, -0.2) is 0 Å². The van der Waals surface area contributed by atoms with Crippen molar-refractivity contribution in [3.63, 3.8) is 0 Å². The highest BCUT2D eigenvalue weighted by Crippen LogP contribution is 2.28. The molecule has 1 N–H and O–H groups in total. The highest BCUT2D eigenvalue weighted by atomic mass is 16.1. The van der Waals surface area contributed by atoms with E-state index in [4.69, 9.17) is 0 Å². The van der Waals surface area contributed by atoms with Crippen LogP contribution in [0.1, 0.15) is 50.2 Å². The molecular formula is C17H23NO. The smallest absolute Gasteiger partial charge is 0.224 e. The second-order valence-electron chi connectivity index (χ2n) is 5.71. The predicted molar refractivity (Wildman–Crippen MR) is 80.4 cm³/mol. The van der Waals surface area contributed by atoms with Gasteiger partial charge in [-0.1, -0.05) is 44.2 Å². The molecule has 0 spiro atoms. The number of carbonyl (C=O) groups is 1. The lowest BCUT2D eigenvalue weighted by atomic mass is 9.97. The van der Waals surface area contributed by atoms with Crippen LogP contribution in [-0.2, 0) is 4.79 Å². The topological polar surface area (TPSA) is 29.1 Å². The van der Waals surface area contributed by atoms with Gasteiger partial charge < -0.3 is 5.32 Å². The first-order valence-electron chi connectivity index (χ1n) is 7.14. The van der Waals surface area contributed by atoms with E-state index in [1.165, 1.54) is 5.56 Å². The van der Waals surface area contributed by atoms with Crippen LogP contribution in [0.15, 0.2) is 30.4 Å². The minimum atomic E-state index is 0.132. The Hall–Kier alpha value is -1.57. The van der Waals surface area contributed by atoms with Gasteiger partial charge in [0.1, 0.15) is 0 Å². The first-order chi connectivity index (χ1) is 9.08. The van der Waals surface area contributed by atoms with Gasteiger partial charge in [-0.2, -0.15) is 0 Å². The normalized spacial score (nSPS) is 18.0. The second kappa shape index (κ2) is 6.05. The van der Waals surface area contributed by atoms with E-state index in [0.717, 1.165) is 24.1 Å². The Morgan fingerprint density at radius 3 is 2.84 bits per heavy atom. The fraction of sp³-hybridized carbons (Fsp3) is 0.471. The highest BCUT2D eigenvalue weighted by molar-refractivity contribution is 5.92. The van der Waals surface area contributed by atoms with E-state index in [2.05, 4.69) is 56.4 Å². The Kier molecular flexibility index (Phi) is 4.41. The van der Waals surface area contributed by atoms with E-state index in [1.54, 1.807) is 0 Å². The molecule has 0 radical (unpaired) electrons. The molecule has 0 heterocycles. The van der Waals surface area contributed by atoms with Crippen molar-refractivity contribution in [2.45, 2.75) is 46.0 Å². The maximum Gasteiger partial charge on any atom is 0.224 e. The van der Waals surface area contributed by atoms with Crippen LogP contribution in [0.5, 0.6) is 0 Å². The van der Waals surface area contributed by atoms with Crippen LogP contribution in [0.4, 0.5) is 5.69 Å². The molecule has 0 bridgehead atoms. The lowest BCUT2D eigenvalue weighted by Gasteiger charge is -2.17. The van der Waals surface area contributed by atoms with Crippen molar-refractivity contribution in [1.29, 1.82) is 0 Å². The van der Waals surface area contributed by atoms with E-state index in [0.29, 0.717) is 18.3 Å². The molecule has 1 aliphatic carbocycles. The number of para-hydroxylation sites is 1.